The van der Waals surface area contributed by atoms with Crippen LogP contribution in [0.5, 0.6) is 0 Å². The lowest BCUT2D eigenvalue weighted by Crippen LogP contribution is -2.36. The largest absolute Gasteiger partial charge is 0.422 e. The molecule has 178 valence electrons. The van der Waals surface area contributed by atoms with Crippen molar-refractivity contribution < 1.29 is 22.7 Å². The van der Waals surface area contributed by atoms with Gasteiger partial charge in [0.15, 0.2) is 9.84 Å². The summed E-state index contributed by atoms with van der Waals surface area (Å²) in [6.07, 6.45) is 3.06. The fourth-order valence-corrected chi connectivity index (χ4v) is 5.02. The molecule has 0 atom stereocenters. The summed E-state index contributed by atoms with van der Waals surface area (Å²) in [6.45, 7) is 2.89. The van der Waals surface area contributed by atoms with Crippen LogP contribution in [0.1, 0.15) is 16.7 Å². The van der Waals surface area contributed by atoms with Crippen LogP contribution in [0, 0.1) is 0 Å². The van der Waals surface area contributed by atoms with Gasteiger partial charge in [0.05, 0.1) is 23.7 Å². The second-order valence-electron chi connectivity index (χ2n) is 8.47. The molecule has 0 unspecified atom stereocenters. The molecule has 0 spiro atoms. The molecule has 6 nitrogen and oxygen atoms in total. The van der Waals surface area contributed by atoms with Gasteiger partial charge in [-0.3, -0.25) is 0 Å². The van der Waals surface area contributed by atoms with Crippen LogP contribution < -0.4 is 4.90 Å². The van der Waals surface area contributed by atoms with Gasteiger partial charge in [0.2, 0.25) is 0 Å². The molecule has 3 aromatic carbocycles. The fraction of sp³-hybridized carbons (Fsp3) is 0.179. The standard InChI is InChI=1S/C28H25NO5S/c1-35(31,32)23-13-11-21(12-14-23)26-25(34-28(30)27(26)20-7-3-2-4-8-20)19-22-9-5-6-10-24(22)29-15-17-33-18-16-29/h2-14,19H,15-18H2,1H3/b25-19-. The molecular formula is C28H25NO5S. The van der Waals surface area contributed by atoms with E-state index < -0.39 is 15.8 Å². The Labute approximate surface area is 205 Å². The van der Waals surface area contributed by atoms with Gasteiger partial charge in [-0.2, -0.15) is 0 Å². The number of esters is 1. The molecule has 3 aromatic rings. The second kappa shape index (κ2) is 9.52. The first-order valence-electron chi connectivity index (χ1n) is 11.4. The number of benzene rings is 3. The third-order valence-corrected chi connectivity index (χ3v) is 7.24. The van der Waals surface area contributed by atoms with Gasteiger partial charge in [0.25, 0.3) is 0 Å². The average molecular weight is 488 g/mol. The zero-order chi connectivity index (χ0) is 24.4. The molecule has 7 heteroatoms. The van der Waals surface area contributed by atoms with E-state index in [4.69, 9.17) is 9.47 Å². The Kier molecular flexibility index (Phi) is 6.28. The SMILES string of the molecule is CS(=O)(=O)c1ccc(C2=C(c3ccccc3)C(=O)O/C2=C\c2ccccc2N2CCOCC2)cc1. The lowest BCUT2D eigenvalue weighted by Gasteiger charge is -2.30. The molecule has 0 radical (unpaired) electrons. The van der Waals surface area contributed by atoms with E-state index in [-0.39, 0.29) is 4.90 Å². The number of carbonyl (C=O) groups excluding carboxylic acids is 1. The highest BCUT2D eigenvalue weighted by Gasteiger charge is 2.32. The van der Waals surface area contributed by atoms with Crippen molar-refractivity contribution in [3.63, 3.8) is 0 Å². The normalized spacial score (nSPS) is 17.7. The summed E-state index contributed by atoms with van der Waals surface area (Å²) in [4.78, 5) is 15.6. The number of sulfone groups is 1. The monoisotopic (exact) mass is 487 g/mol. The van der Waals surface area contributed by atoms with Gasteiger partial charge >= 0.3 is 5.97 Å². The summed E-state index contributed by atoms with van der Waals surface area (Å²) < 4.78 is 35.3. The van der Waals surface area contributed by atoms with Crippen LogP contribution in [0.15, 0.2) is 89.5 Å². The Balaban J connectivity index is 1.66. The summed E-state index contributed by atoms with van der Waals surface area (Å²) in [6, 6.07) is 23.9. The number of para-hydroxylation sites is 1. The first-order valence-corrected chi connectivity index (χ1v) is 13.3. The van der Waals surface area contributed by atoms with Crippen molar-refractivity contribution in [1.82, 2.24) is 0 Å². The number of carbonyl (C=O) groups is 1. The molecule has 0 bridgehead atoms. The lowest BCUT2D eigenvalue weighted by molar-refractivity contribution is -0.131. The minimum atomic E-state index is -3.34. The van der Waals surface area contributed by atoms with Crippen molar-refractivity contribution >= 4 is 38.7 Å². The number of cyclic esters (lactones) is 1. The van der Waals surface area contributed by atoms with Crippen LogP contribution in [-0.2, 0) is 24.1 Å². The van der Waals surface area contributed by atoms with Gasteiger partial charge in [0.1, 0.15) is 5.76 Å². The molecule has 0 N–H and O–H groups in total. The van der Waals surface area contributed by atoms with E-state index in [1.54, 1.807) is 24.3 Å². The van der Waals surface area contributed by atoms with Gasteiger partial charge in [-0.25, -0.2) is 13.2 Å². The molecular weight excluding hydrogens is 462 g/mol. The number of rotatable bonds is 5. The van der Waals surface area contributed by atoms with Crippen LogP contribution in [0.2, 0.25) is 0 Å². The van der Waals surface area contributed by atoms with E-state index in [9.17, 15) is 13.2 Å². The molecule has 0 aliphatic carbocycles. The summed E-state index contributed by atoms with van der Waals surface area (Å²) in [5, 5.41) is 0. The van der Waals surface area contributed by atoms with E-state index in [1.165, 1.54) is 6.26 Å². The smallest absolute Gasteiger partial charge is 0.344 e. The third kappa shape index (κ3) is 4.78. The Hall–Kier alpha value is -3.68. The predicted octanol–water partition coefficient (Wildman–Crippen LogP) is 4.44. The van der Waals surface area contributed by atoms with E-state index in [1.807, 2.05) is 54.6 Å². The molecule has 0 amide bonds. The van der Waals surface area contributed by atoms with Gasteiger partial charge in [-0.05, 0) is 35.4 Å². The minimum absolute atomic E-state index is 0.219. The number of morpholine rings is 1. The summed E-state index contributed by atoms with van der Waals surface area (Å²) in [7, 11) is -3.34. The molecule has 1 saturated heterocycles. The van der Waals surface area contributed by atoms with Gasteiger partial charge in [-0.1, -0.05) is 60.7 Å². The molecule has 1 fully saturated rings. The molecule has 5 rings (SSSR count). The minimum Gasteiger partial charge on any atom is -0.422 e. The quantitative estimate of drug-likeness (QED) is 0.496. The number of nitrogens with zero attached hydrogens (tertiary/aromatic N) is 1. The topological polar surface area (TPSA) is 72.9 Å². The Morgan fingerprint density at radius 3 is 2.11 bits per heavy atom. The molecule has 0 aromatic heterocycles. The molecule has 2 heterocycles. The van der Waals surface area contributed by atoms with Crippen LogP contribution in [0.3, 0.4) is 0 Å². The van der Waals surface area contributed by atoms with Gasteiger partial charge in [0, 0.05) is 36.2 Å². The van der Waals surface area contributed by atoms with Crippen molar-refractivity contribution in [1.29, 1.82) is 0 Å². The van der Waals surface area contributed by atoms with E-state index >= 15 is 0 Å². The fourth-order valence-electron chi connectivity index (χ4n) is 4.39. The van der Waals surface area contributed by atoms with Crippen molar-refractivity contribution in [3.05, 3.63) is 101 Å². The Morgan fingerprint density at radius 2 is 1.43 bits per heavy atom. The average Bonchev–Trinajstić information content (AvgIpc) is 3.20. The molecule has 35 heavy (non-hydrogen) atoms. The number of hydrogen-bond acceptors (Lipinski definition) is 6. The Bertz CT molecular complexity index is 1420. The first-order chi connectivity index (χ1) is 16.9. The van der Waals surface area contributed by atoms with E-state index in [2.05, 4.69) is 11.0 Å². The van der Waals surface area contributed by atoms with Crippen molar-refractivity contribution in [3.8, 4) is 0 Å². The zero-order valence-corrected chi connectivity index (χ0v) is 20.1. The van der Waals surface area contributed by atoms with E-state index in [0.717, 1.165) is 29.9 Å². The summed E-state index contributed by atoms with van der Waals surface area (Å²) >= 11 is 0. The maximum atomic E-state index is 13.1. The van der Waals surface area contributed by atoms with E-state index in [0.29, 0.717) is 35.7 Å². The summed E-state index contributed by atoms with van der Waals surface area (Å²) in [5.74, 6) is -0.00448. The number of hydrogen-bond donors (Lipinski definition) is 0. The third-order valence-electron chi connectivity index (χ3n) is 6.11. The van der Waals surface area contributed by atoms with Crippen molar-refractivity contribution in [2.45, 2.75) is 4.90 Å². The summed E-state index contributed by atoms with van der Waals surface area (Å²) in [5.41, 5.74) is 4.50. The lowest BCUT2D eigenvalue weighted by atomic mass is 9.94. The van der Waals surface area contributed by atoms with Crippen LogP contribution in [0.25, 0.3) is 17.2 Å². The molecule has 2 aliphatic rings. The van der Waals surface area contributed by atoms with Crippen LogP contribution in [0.4, 0.5) is 5.69 Å². The van der Waals surface area contributed by atoms with Crippen molar-refractivity contribution in [2.75, 3.05) is 37.5 Å². The van der Waals surface area contributed by atoms with Crippen molar-refractivity contribution in [2.24, 2.45) is 0 Å². The number of anilines is 1. The maximum absolute atomic E-state index is 13.1. The van der Waals surface area contributed by atoms with Crippen LogP contribution >= 0.6 is 0 Å². The zero-order valence-electron chi connectivity index (χ0n) is 19.3. The maximum Gasteiger partial charge on any atom is 0.344 e. The first kappa shape index (κ1) is 23.1. The van der Waals surface area contributed by atoms with Crippen LogP contribution in [-0.4, -0.2) is 46.9 Å². The predicted molar refractivity (Wildman–Crippen MR) is 136 cm³/mol. The van der Waals surface area contributed by atoms with Gasteiger partial charge < -0.3 is 14.4 Å². The molecule has 0 saturated carbocycles. The number of ether oxygens (including phenoxy) is 2. The molecule has 2 aliphatic heterocycles. The highest BCUT2D eigenvalue weighted by molar-refractivity contribution is 7.90. The highest BCUT2D eigenvalue weighted by Crippen LogP contribution is 2.41. The Morgan fingerprint density at radius 1 is 0.800 bits per heavy atom. The highest BCUT2D eigenvalue weighted by atomic mass is 32.2. The number of allylic oxidation sites excluding steroid dienone is 1. The van der Waals surface area contributed by atoms with Gasteiger partial charge in [-0.15, -0.1) is 0 Å². The second-order valence-corrected chi connectivity index (χ2v) is 10.5.